The van der Waals surface area contributed by atoms with Crippen molar-refractivity contribution in [2.24, 2.45) is 0 Å². The first-order chi connectivity index (χ1) is 15.5. The van der Waals surface area contributed by atoms with Crippen LogP contribution in [0, 0.1) is 18.3 Å². The first-order valence-corrected chi connectivity index (χ1v) is 10.8. The molecule has 0 unspecified atom stereocenters. The Hall–Kier alpha value is -3.91. The van der Waals surface area contributed by atoms with Crippen LogP contribution in [0.5, 0.6) is 5.75 Å². The Kier molecular flexibility index (Phi) is 6.04. The summed E-state index contributed by atoms with van der Waals surface area (Å²) in [5, 5.41) is 10.0. The number of nitriles is 1. The molecule has 0 atom stereocenters. The van der Waals surface area contributed by atoms with Gasteiger partial charge in [-0.25, -0.2) is 0 Å². The smallest absolute Gasteiger partial charge is 0.146 e. The number of ether oxygens (including phenoxy) is 1. The van der Waals surface area contributed by atoms with Crippen LogP contribution in [0.2, 0.25) is 0 Å². The molecule has 2 aromatic heterocycles. The maximum Gasteiger partial charge on any atom is 0.146 e. The number of hydrogen-bond acceptors (Lipinski definition) is 5. The van der Waals surface area contributed by atoms with E-state index in [0.717, 1.165) is 58.2 Å². The minimum atomic E-state index is 0.472. The normalized spacial score (nSPS) is 14.0. The monoisotopic (exact) mass is 422 g/mol. The Labute approximate surface area is 189 Å². The summed E-state index contributed by atoms with van der Waals surface area (Å²) < 4.78 is 6.27. The number of aromatic nitrogens is 2. The van der Waals surface area contributed by atoms with Gasteiger partial charge in [0.25, 0.3) is 0 Å². The zero-order valence-corrected chi connectivity index (χ0v) is 18.9. The highest BCUT2D eigenvalue weighted by Gasteiger charge is 2.20. The van der Waals surface area contributed by atoms with Crippen molar-refractivity contribution in [3.63, 3.8) is 0 Å². The van der Waals surface area contributed by atoms with Gasteiger partial charge in [0.05, 0.1) is 11.4 Å². The highest BCUT2D eigenvalue weighted by atomic mass is 16.5. The molecule has 0 saturated carbocycles. The molecule has 1 aliphatic heterocycles. The van der Waals surface area contributed by atoms with Crippen molar-refractivity contribution < 1.29 is 4.74 Å². The van der Waals surface area contributed by atoms with Gasteiger partial charge in [-0.15, -0.1) is 0 Å². The largest absolute Gasteiger partial charge is 0.455 e. The van der Waals surface area contributed by atoms with E-state index < -0.39 is 0 Å². The fraction of sp³-hybridized carbons (Fsp3) is 0.222. The third-order valence-corrected chi connectivity index (χ3v) is 5.67. The molecule has 3 heterocycles. The second-order valence-electron chi connectivity index (χ2n) is 7.78. The number of rotatable bonds is 5. The molecule has 1 aromatic carbocycles. The third kappa shape index (κ3) is 4.13. The number of allylic oxidation sites excluding steroid dienone is 3. The molecule has 0 aliphatic carbocycles. The lowest BCUT2D eigenvalue weighted by Gasteiger charge is -2.25. The molecular formula is C27H26N4O. The zero-order valence-electron chi connectivity index (χ0n) is 18.9. The average molecular weight is 423 g/mol. The molecule has 0 fully saturated rings. The minimum Gasteiger partial charge on any atom is -0.455 e. The van der Waals surface area contributed by atoms with E-state index in [1.165, 1.54) is 0 Å². The third-order valence-electron chi connectivity index (χ3n) is 5.67. The number of hydrogen-bond donors (Lipinski definition) is 0. The zero-order chi connectivity index (χ0) is 22.7. The quantitative estimate of drug-likeness (QED) is 0.470. The van der Waals surface area contributed by atoms with Crippen molar-refractivity contribution in [2.75, 3.05) is 18.0 Å². The standard InChI is InChI=1S/C27H26N4O/c1-5-31(6-2)21-7-8-22-19(4)14-26(32-27(22)16-21)23(17-28)20-10-12-30-25(15-20)24-13-18(3)9-11-29-24/h7-16H,5-6H2,1-4H3/b26-23-. The van der Waals surface area contributed by atoms with Crippen molar-refractivity contribution in [2.45, 2.75) is 27.7 Å². The van der Waals surface area contributed by atoms with Crippen molar-refractivity contribution in [1.29, 1.82) is 5.26 Å². The van der Waals surface area contributed by atoms with Gasteiger partial charge in [-0.2, -0.15) is 5.26 Å². The second-order valence-corrected chi connectivity index (χ2v) is 7.78. The second kappa shape index (κ2) is 9.07. The average Bonchev–Trinajstić information content (AvgIpc) is 2.80. The fourth-order valence-corrected chi connectivity index (χ4v) is 3.92. The maximum atomic E-state index is 10.0. The lowest BCUT2D eigenvalue weighted by molar-refractivity contribution is 0.441. The van der Waals surface area contributed by atoms with E-state index in [9.17, 15) is 5.26 Å². The highest BCUT2D eigenvalue weighted by Crippen LogP contribution is 2.38. The summed E-state index contributed by atoms with van der Waals surface area (Å²) in [7, 11) is 0. The predicted molar refractivity (Wildman–Crippen MR) is 129 cm³/mol. The molecule has 5 heteroatoms. The van der Waals surface area contributed by atoms with Gasteiger partial charge in [-0.05, 0) is 86.9 Å². The predicted octanol–water partition coefficient (Wildman–Crippen LogP) is 6.03. The van der Waals surface area contributed by atoms with Gasteiger partial charge in [0.1, 0.15) is 23.2 Å². The summed E-state index contributed by atoms with van der Waals surface area (Å²) in [4.78, 5) is 11.2. The van der Waals surface area contributed by atoms with Crippen LogP contribution >= 0.6 is 0 Å². The molecule has 0 spiro atoms. The molecule has 0 N–H and O–H groups in total. The summed E-state index contributed by atoms with van der Waals surface area (Å²) in [6.45, 7) is 10.2. The molecule has 0 bridgehead atoms. The fourth-order valence-electron chi connectivity index (χ4n) is 3.92. The van der Waals surface area contributed by atoms with Crippen molar-refractivity contribution in [3.05, 3.63) is 83.4 Å². The van der Waals surface area contributed by atoms with E-state index in [0.29, 0.717) is 11.3 Å². The van der Waals surface area contributed by atoms with Crippen molar-refractivity contribution in [1.82, 2.24) is 9.97 Å². The highest BCUT2D eigenvalue weighted by molar-refractivity contribution is 5.86. The molecule has 0 amide bonds. The number of fused-ring (bicyclic) bond motifs is 1. The molecule has 160 valence electrons. The van der Waals surface area contributed by atoms with Crippen LogP contribution < -0.4 is 9.64 Å². The SMILES string of the molecule is CCN(CC)c1ccc2c(c1)O/C(=C(/C#N)c1ccnc(-c3cc(C)ccn3)c1)C=C2C. The van der Waals surface area contributed by atoms with Gasteiger partial charge in [0, 0.05) is 42.8 Å². The molecule has 5 nitrogen and oxygen atoms in total. The number of aryl methyl sites for hydroxylation is 1. The Morgan fingerprint density at radius 2 is 1.69 bits per heavy atom. The van der Waals surface area contributed by atoms with Crippen LogP contribution in [0.25, 0.3) is 22.5 Å². The van der Waals surface area contributed by atoms with Gasteiger partial charge < -0.3 is 9.64 Å². The van der Waals surface area contributed by atoms with Crippen molar-refractivity contribution >= 4 is 16.8 Å². The summed E-state index contributed by atoms with van der Waals surface area (Å²) in [5.41, 5.74) is 7.05. The van der Waals surface area contributed by atoms with Crippen LogP contribution in [0.4, 0.5) is 5.69 Å². The molecule has 4 rings (SSSR count). The van der Waals surface area contributed by atoms with Crippen LogP contribution in [0.15, 0.2) is 66.7 Å². The van der Waals surface area contributed by atoms with Crippen LogP contribution in [0.3, 0.4) is 0 Å². The number of nitrogens with zero attached hydrogens (tertiary/aromatic N) is 4. The van der Waals surface area contributed by atoms with E-state index in [1.807, 2.05) is 44.2 Å². The number of benzene rings is 1. The number of anilines is 1. The summed E-state index contributed by atoms with van der Waals surface area (Å²) in [6, 6.07) is 16.3. The molecule has 0 saturated heterocycles. The topological polar surface area (TPSA) is 62.0 Å². The van der Waals surface area contributed by atoms with E-state index in [4.69, 9.17) is 4.74 Å². The Bertz CT molecular complexity index is 1260. The lowest BCUT2D eigenvalue weighted by atomic mass is 9.98. The van der Waals surface area contributed by atoms with Gasteiger partial charge in [0.2, 0.25) is 0 Å². The van der Waals surface area contributed by atoms with E-state index >= 15 is 0 Å². The van der Waals surface area contributed by atoms with Gasteiger partial charge >= 0.3 is 0 Å². The van der Waals surface area contributed by atoms with E-state index in [-0.39, 0.29) is 0 Å². The summed E-state index contributed by atoms with van der Waals surface area (Å²) in [5.74, 6) is 1.32. The van der Waals surface area contributed by atoms with E-state index in [1.54, 1.807) is 12.4 Å². The number of pyridine rings is 2. The summed E-state index contributed by atoms with van der Waals surface area (Å²) >= 11 is 0. The minimum absolute atomic E-state index is 0.472. The first kappa shape index (κ1) is 21.3. The van der Waals surface area contributed by atoms with Gasteiger partial charge in [-0.3, -0.25) is 9.97 Å². The molecule has 3 aromatic rings. The van der Waals surface area contributed by atoms with Gasteiger partial charge in [-0.1, -0.05) is 0 Å². The molecule has 32 heavy (non-hydrogen) atoms. The van der Waals surface area contributed by atoms with Crippen LogP contribution in [-0.2, 0) is 0 Å². The lowest BCUT2D eigenvalue weighted by Crippen LogP contribution is -2.22. The first-order valence-electron chi connectivity index (χ1n) is 10.8. The molecule has 0 radical (unpaired) electrons. The Morgan fingerprint density at radius 1 is 0.969 bits per heavy atom. The Balaban J connectivity index is 1.77. The summed E-state index contributed by atoms with van der Waals surface area (Å²) in [6.07, 6.45) is 5.41. The van der Waals surface area contributed by atoms with Crippen molar-refractivity contribution in [3.8, 4) is 23.2 Å². The maximum absolute atomic E-state index is 10.0. The van der Waals surface area contributed by atoms with Gasteiger partial charge in [0.15, 0.2) is 0 Å². The van der Waals surface area contributed by atoms with Crippen LogP contribution in [-0.4, -0.2) is 23.1 Å². The molecule has 1 aliphatic rings. The Morgan fingerprint density at radius 3 is 2.38 bits per heavy atom. The van der Waals surface area contributed by atoms with E-state index in [2.05, 4.69) is 53.0 Å². The molecular weight excluding hydrogens is 396 g/mol. The van der Waals surface area contributed by atoms with Crippen LogP contribution in [0.1, 0.15) is 37.5 Å².